The molecule has 0 amide bonds. The molecule has 0 rings (SSSR count). The molecule has 0 spiro atoms. The Hall–Kier alpha value is -0.230. The van der Waals surface area contributed by atoms with E-state index in [0.29, 0.717) is 0 Å². The summed E-state index contributed by atoms with van der Waals surface area (Å²) >= 11 is 5.34. The van der Waals surface area contributed by atoms with Gasteiger partial charge in [0.15, 0.2) is 5.05 Å². The number of hydrogen-bond acceptors (Lipinski definition) is 4. The molecule has 0 bridgehead atoms. The molecule has 0 fully saturated rings. The fraction of sp³-hybridized carbons (Fsp3) is 0.977. The first-order valence-electron chi connectivity index (χ1n) is 21.8. The van der Waals surface area contributed by atoms with E-state index in [1.165, 1.54) is 212 Å². The van der Waals surface area contributed by atoms with Crippen LogP contribution < -0.4 is 0 Å². The Kier molecular flexibility index (Phi) is 40.5. The molecule has 0 aromatic carbocycles. The van der Waals surface area contributed by atoms with E-state index in [1.807, 2.05) is 0 Å². The van der Waals surface area contributed by atoms with E-state index in [9.17, 15) is 5.11 Å². The second-order valence-corrected chi connectivity index (χ2v) is 16.6. The van der Waals surface area contributed by atoms with E-state index in [4.69, 9.17) is 27.5 Å². The van der Waals surface area contributed by atoms with Crippen molar-refractivity contribution in [3.8, 4) is 0 Å². The van der Waals surface area contributed by atoms with Crippen LogP contribution in [0, 0.1) is 10.8 Å². The summed E-state index contributed by atoms with van der Waals surface area (Å²) in [6.45, 7) is 7.97. The van der Waals surface area contributed by atoms with Crippen LogP contribution in [0.1, 0.15) is 246 Å². The lowest BCUT2D eigenvalue weighted by Gasteiger charge is -2.34. The quantitative estimate of drug-likeness (QED) is 0.0378. The fourth-order valence-corrected chi connectivity index (χ4v) is 7.38. The summed E-state index contributed by atoms with van der Waals surface area (Å²) < 4.78 is 0. The van der Waals surface area contributed by atoms with Crippen LogP contribution in [-0.4, -0.2) is 45.3 Å². The summed E-state index contributed by atoms with van der Waals surface area (Å²) in [7, 11) is 0. The second kappa shape index (κ2) is 39.0. The summed E-state index contributed by atoms with van der Waals surface area (Å²) in [5.41, 5.74) is -0.452. The van der Waals surface area contributed by atoms with Crippen molar-refractivity contribution in [3.05, 3.63) is 0 Å². The molecule has 0 radical (unpaired) electrons. The number of thiocarbonyl (C=S) groups is 1. The molecule has 0 aliphatic carbocycles. The lowest BCUT2D eigenvalue weighted by atomic mass is 9.71. The molecule has 0 aromatic heterocycles. The van der Waals surface area contributed by atoms with Crippen LogP contribution in [-0.2, 0) is 0 Å². The standard InChI is InChI=1S/C39H78OS.C5H12O3/c1-4-7-10-13-16-19-22-25-28-31-34-39(37-38(40)41,35-32-29-26-23-20-17-14-11-8-5-2)36-33-30-27-24-21-18-15-12-9-6-3;1-5(2-6,3-7)4-8/h4-37H2,1-3H3,(H,40,41);6-8H,2-4H2,1H3. The topological polar surface area (TPSA) is 80.9 Å². The molecule has 49 heavy (non-hydrogen) atoms. The minimum absolute atomic E-state index is 0.181. The van der Waals surface area contributed by atoms with Gasteiger partial charge in [-0.25, -0.2) is 0 Å². The lowest BCUT2D eigenvalue weighted by molar-refractivity contribution is 0.0200. The van der Waals surface area contributed by atoms with Crippen molar-refractivity contribution in [1.29, 1.82) is 0 Å². The molecular formula is C44H90O4S. The van der Waals surface area contributed by atoms with Gasteiger partial charge in [-0.15, -0.1) is 0 Å². The zero-order valence-electron chi connectivity index (χ0n) is 33.9. The van der Waals surface area contributed by atoms with Gasteiger partial charge in [-0.1, -0.05) is 220 Å². The summed E-state index contributed by atoms with van der Waals surface area (Å²) in [5, 5.41) is 36.0. The smallest absolute Gasteiger partial charge is 0.157 e. The van der Waals surface area contributed by atoms with Crippen molar-refractivity contribution in [1.82, 2.24) is 0 Å². The molecule has 4 nitrogen and oxygen atoms in total. The Labute approximate surface area is 313 Å². The Morgan fingerprint density at radius 2 is 0.592 bits per heavy atom. The Morgan fingerprint density at radius 3 is 0.755 bits per heavy atom. The van der Waals surface area contributed by atoms with Gasteiger partial charge in [-0.05, 0) is 36.9 Å². The van der Waals surface area contributed by atoms with Crippen LogP contribution >= 0.6 is 12.2 Å². The van der Waals surface area contributed by atoms with E-state index in [-0.39, 0.29) is 30.3 Å². The monoisotopic (exact) mass is 715 g/mol. The molecule has 5 heteroatoms. The van der Waals surface area contributed by atoms with Crippen molar-refractivity contribution in [2.45, 2.75) is 246 Å². The SMILES string of the molecule is CC(CO)(CO)CO.CCCCCCCCCCCCC(CCCCCCCCCCCC)(CCCCCCCCCCCC)CC(O)=S. The number of aliphatic hydroxyl groups excluding tert-OH is 4. The summed E-state index contributed by atoms with van der Waals surface area (Å²) in [5.74, 6) is 0. The number of rotatable bonds is 38. The number of hydrogen-bond donors (Lipinski definition) is 4. The molecule has 0 heterocycles. The van der Waals surface area contributed by atoms with E-state index in [1.54, 1.807) is 6.92 Å². The van der Waals surface area contributed by atoms with Gasteiger partial charge in [0.05, 0.1) is 19.8 Å². The predicted molar refractivity (Wildman–Crippen MR) is 221 cm³/mol. The largest absolute Gasteiger partial charge is 0.502 e. The lowest BCUT2D eigenvalue weighted by Crippen LogP contribution is -2.29. The van der Waals surface area contributed by atoms with Crippen LogP contribution in [0.4, 0.5) is 0 Å². The van der Waals surface area contributed by atoms with Gasteiger partial charge in [0.2, 0.25) is 0 Å². The highest BCUT2D eigenvalue weighted by Gasteiger charge is 2.30. The van der Waals surface area contributed by atoms with Crippen LogP contribution in [0.5, 0.6) is 0 Å². The number of aliphatic hydroxyl groups is 4. The molecule has 0 aliphatic rings. The highest BCUT2D eigenvalue weighted by atomic mass is 32.1. The minimum atomic E-state index is -0.708. The van der Waals surface area contributed by atoms with Crippen LogP contribution in [0.25, 0.3) is 0 Å². The molecule has 0 aromatic rings. The molecule has 0 atom stereocenters. The van der Waals surface area contributed by atoms with Crippen molar-refractivity contribution < 1.29 is 20.4 Å². The second-order valence-electron chi connectivity index (χ2n) is 16.2. The third kappa shape index (κ3) is 35.9. The average molecular weight is 715 g/mol. The molecule has 0 unspecified atom stereocenters. The molecular weight excluding hydrogens is 625 g/mol. The van der Waals surface area contributed by atoms with Crippen LogP contribution in [0.2, 0.25) is 0 Å². The van der Waals surface area contributed by atoms with Gasteiger partial charge < -0.3 is 20.4 Å². The third-order valence-corrected chi connectivity index (χ3v) is 11.0. The average Bonchev–Trinajstić information content (AvgIpc) is 3.10. The zero-order chi connectivity index (χ0) is 36.7. The highest BCUT2D eigenvalue weighted by Crippen LogP contribution is 2.41. The van der Waals surface area contributed by atoms with Gasteiger partial charge in [0, 0.05) is 11.8 Å². The summed E-state index contributed by atoms with van der Waals surface area (Å²) in [6, 6.07) is 0. The van der Waals surface area contributed by atoms with Gasteiger partial charge in [0.1, 0.15) is 0 Å². The Balaban J connectivity index is 0. The first-order chi connectivity index (χ1) is 23.8. The normalized spacial score (nSPS) is 11.9. The fourth-order valence-electron chi connectivity index (χ4n) is 7.07. The maximum atomic E-state index is 10.3. The number of unbranched alkanes of at least 4 members (excludes halogenated alkanes) is 27. The van der Waals surface area contributed by atoms with E-state index in [0.717, 1.165) is 6.42 Å². The maximum Gasteiger partial charge on any atom is 0.157 e. The van der Waals surface area contributed by atoms with Crippen molar-refractivity contribution in [3.63, 3.8) is 0 Å². The van der Waals surface area contributed by atoms with Crippen molar-refractivity contribution in [2.24, 2.45) is 10.8 Å². The highest BCUT2D eigenvalue weighted by molar-refractivity contribution is 7.80. The van der Waals surface area contributed by atoms with E-state index < -0.39 is 5.41 Å². The van der Waals surface area contributed by atoms with E-state index in [2.05, 4.69) is 20.8 Å². The van der Waals surface area contributed by atoms with Crippen LogP contribution in [0.3, 0.4) is 0 Å². The minimum Gasteiger partial charge on any atom is -0.502 e. The zero-order valence-corrected chi connectivity index (χ0v) is 34.7. The Morgan fingerprint density at radius 1 is 0.388 bits per heavy atom. The summed E-state index contributed by atoms with van der Waals surface area (Å²) in [4.78, 5) is 0. The molecule has 4 N–H and O–H groups in total. The van der Waals surface area contributed by atoms with Gasteiger partial charge in [-0.2, -0.15) is 0 Å². The first kappa shape index (κ1) is 50.9. The molecule has 296 valence electrons. The van der Waals surface area contributed by atoms with Gasteiger partial charge >= 0.3 is 0 Å². The van der Waals surface area contributed by atoms with Gasteiger partial charge in [0.25, 0.3) is 0 Å². The molecule has 0 aliphatic heterocycles. The van der Waals surface area contributed by atoms with Crippen molar-refractivity contribution >= 4 is 17.3 Å². The molecule has 0 saturated heterocycles. The Bertz CT molecular complexity index is 583. The van der Waals surface area contributed by atoms with Gasteiger partial charge in [-0.3, -0.25) is 0 Å². The van der Waals surface area contributed by atoms with E-state index >= 15 is 0 Å². The van der Waals surface area contributed by atoms with Crippen molar-refractivity contribution in [2.75, 3.05) is 19.8 Å². The predicted octanol–water partition coefficient (Wildman–Crippen LogP) is 14.2. The van der Waals surface area contributed by atoms with Crippen LogP contribution in [0.15, 0.2) is 0 Å². The first-order valence-corrected chi connectivity index (χ1v) is 22.2. The molecule has 0 saturated carbocycles. The summed E-state index contributed by atoms with van der Waals surface area (Å²) in [6.07, 6.45) is 46.5. The maximum absolute atomic E-state index is 10.3. The third-order valence-electron chi connectivity index (χ3n) is 10.9.